The van der Waals surface area contributed by atoms with Gasteiger partial charge in [-0.1, -0.05) is 0 Å². The van der Waals surface area contributed by atoms with Crippen molar-refractivity contribution in [1.29, 1.82) is 0 Å². The number of morpholine rings is 1. The maximum Gasteiger partial charge on any atom is 0.264 e. The number of rotatable bonds is 4. The van der Waals surface area contributed by atoms with Crippen LogP contribution < -0.4 is 10.6 Å². The molecule has 2 rings (SSSR count). The van der Waals surface area contributed by atoms with Crippen LogP contribution >= 0.6 is 11.3 Å². The summed E-state index contributed by atoms with van der Waals surface area (Å²) in [5.74, 6) is -2.84. The highest BCUT2D eigenvalue weighted by Gasteiger charge is 2.28. The number of hydrogen-bond donors (Lipinski definition) is 1. The Kier molecular flexibility index (Phi) is 3.90. The molecule has 17 heavy (non-hydrogen) atoms. The first-order valence-corrected chi connectivity index (χ1v) is 6.28. The molecular weight excluding hydrogens is 248 g/mol. The van der Waals surface area contributed by atoms with Crippen LogP contribution in [0, 0.1) is 0 Å². The molecule has 96 valence electrons. The summed E-state index contributed by atoms with van der Waals surface area (Å²) < 4.78 is 31.4. The van der Waals surface area contributed by atoms with Gasteiger partial charge in [-0.05, 0) is 0 Å². The van der Waals surface area contributed by atoms with Crippen LogP contribution in [0.5, 0.6) is 0 Å². The molecule has 1 fully saturated rings. The fraction of sp³-hybridized carbons (Fsp3) is 0.700. The van der Waals surface area contributed by atoms with Crippen LogP contribution in [-0.2, 0) is 11.2 Å². The minimum absolute atomic E-state index is 0.328. The lowest BCUT2D eigenvalue weighted by Gasteiger charge is -2.26. The van der Waals surface area contributed by atoms with Crippen molar-refractivity contribution in [2.45, 2.75) is 12.3 Å². The Balaban J connectivity index is 2.00. The molecule has 0 saturated carbocycles. The average Bonchev–Trinajstić information content (AvgIpc) is 2.78. The zero-order valence-electron chi connectivity index (χ0n) is 9.36. The maximum atomic E-state index is 13.1. The average molecular weight is 263 g/mol. The van der Waals surface area contributed by atoms with Gasteiger partial charge in [0.15, 0.2) is 5.13 Å². The summed E-state index contributed by atoms with van der Waals surface area (Å²) in [4.78, 5) is 6.80. The van der Waals surface area contributed by atoms with Crippen molar-refractivity contribution >= 4 is 16.5 Å². The fourth-order valence-electron chi connectivity index (χ4n) is 1.61. The quantitative estimate of drug-likeness (QED) is 0.884. The second kappa shape index (κ2) is 5.24. The van der Waals surface area contributed by atoms with Gasteiger partial charge in [0.1, 0.15) is 0 Å². The number of ether oxygens (including phenoxy) is 1. The number of anilines is 1. The third-order valence-corrected chi connectivity index (χ3v) is 3.61. The van der Waals surface area contributed by atoms with Gasteiger partial charge < -0.3 is 15.4 Å². The standard InChI is InChI=1S/C10H15F2N3OS/c11-10(12,7-13)5-8-6-14-9(17-8)15-1-3-16-4-2-15/h6H,1-5,7,13H2. The van der Waals surface area contributed by atoms with E-state index in [1.54, 1.807) is 0 Å². The van der Waals surface area contributed by atoms with E-state index in [0.29, 0.717) is 18.1 Å². The van der Waals surface area contributed by atoms with Gasteiger partial charge in [0.05, 0.1) is 19.8 Å². The van der Waals surface area contributed by atoms with Crippen LogP contribution in [0.2, 0.25) is 0 Å². The van der Waals surface area contributed by atoms with Crippen molar-refractivity contribution < 1.29 is 13.5 Å². The number of thiazole rings is 1. The monoisotopic (exact) mass is 263 g/mol. The van der Waals surface area contributed by atoms with E-state index in [-0.39, 0.29) is 6.42 Å². The molecule has 1 aliphatic rings. The summed E-state index contributed by atoms with van der Waals surface area (Å²) in [6.07, 6.45) is 1.19. The van der Waals surface area contributed by atoms with Gasteiger partial charge in [0.2, 0.25) is 0 Å². The highest BCUT2D eigenvalue weighted by atomic mass is 32.1. The lowest BCUT2D eigenvalue weighted by molar-refractivity contribution is 0.0122. The molecular formula is C10H15F2N3OS. The Bertz CT molecular complexity index is 366. The van der Waals surface area contributed by atoms with Crippen LogP contribution in [0.15, 0.2) is 6.20 Å². The van der Waals surface area contributed by atoms with Crippen LogP contribution in [0.1, 0.15) is 4.88 Å². The fourth-order valence-corrected chi connectivity index (χ4v) is 2.65. The SMILES string of the molecule is NCC(F)(F)Cc1cnc(N2CCOCC2)s1. The number of nitrogens with two attached hydrogens (primary N) is 1. The van der Waals surface area contributed by atoms with Crippen molar-refractivity contribution in [2.75, 3.05) is 37.7 Å². The summed E-state index contributed by atoms with van der Waals surface area (Å²) in [6, 6.07) is 0. The van der Waals surface area contributed by atoms with Gasteiger partial charge in [0, 0.05) is 30.6 Å². The minimum atomic E-state index is -2.84. The normalized spacial score (nSPS) is 17.5. The molecule has 4 nitrogen and oxygen atoms in total. The van der Waals surface area contributed by atoms with Gasteiger partial charge in [0.25, 0.3) is 5.92 Å². The Morgan fingerprint density at radius 3 is 2.82 bits per heavy atom. The molecule has 0 atom stereocenters. The molecule has 0 bridgehead atoms. The van der Waals surface area contributed by atoms with Crippen molar-refractivity contribution in [3.63, 3.8) is 0 Å². The smallest absolute Gasteiger partial charge is 0.264 e. The van der Waals surface area contributed by atoms with Gasteiger partial charge in [-0.15, -0.1) is 11.3 Å². The number of alkyl halides is 2. The number of aromatic nitrogens is 1. The molecule has 7 heteroatoms. The van der Waals surface area contributed by atoms with E-state index in [1.807, 2.05) is 0 Å². The second-order valence-electron chi connectivity index (χ2n) is 3.95. The zero-order valence-corrected chi connectivity index (χ0v) is 10.2. The summed E-state index contributed by atoms with van der Waals surface area (Å²) in [5.41, 5.74) is 5.01. The van der Waals surface area contributed by atoms with Crippen LogP contribution in [-0.4, -0.2) is 43.8 Å². The lowest BCUT2D eigenvalue weighted by Crippen LogP contribution is -2.36. The van der Waals surface area contributed by atoms with Gasteiger partial charge in [-0.25, -0.2) is 13.8 Å². The first kappa shape index (κ1) is 12.7. The van der Waals surface area contributed by atoms with Crippen LogP contribution in [0.4, 0.5) is 13.9 Å². The highest BCUT2D eigenvalue weighted by Crippen LogP contribution is 2.27. The third kappa shape index (κ3) is 3.34. The largest absolute Gasteiger partial charge is 0.378 e. The summed E-state index contributed by atoms with van der Waals surface area (Å²) in [6.45, 7) is 2.22. The Morgan fingerprint density at radius 2 is 2.18 bits per heavy atom. The van der Waals surface area contributed by atoms with Crippen molar-refractivity contribution in [2.24, 2.45) is 5.73 Å². The molecule has 1 saturated heterocycles. The van der Waals surface area contributed by atoms with Gasteiger partial charge in [-0.2, -0.15) is 0 Å². The Labute approximate surface area is 102 Å². The third-order valence-electron chi connectivity index (χ3n) is 2.55. The van der Waals surface area contributed by atoms with E-state index >= 15 is 0 Å². The number of hydrogen-bond acceptors (Lipinski definition) is 5. The molecule has 1 aromatic rings. The van der Waals surface area contributed by atoms with E-state index in [4.69, 9.17) is 10.5 Å². The molecule has 0 amide bonds. The molecule has 0 aromatic carbocycles. The highest BCUT2D eigenvalue weighted by molar-refractivity contribution is 7.15. The van der Waals surface area contributed by atoms with Crippen molar-refractivity contribution in [1.82, 2.24) is 4.98 Å². The Morgan fingerprint density at radius 1 is 1.47 bits per heavy atom. The molecule has 0 radical (unpaired) electrons. The van der Waals surface area contributed by atoms with E-state index in [1.165, 1.54) is 17.5 Å². The number of halogens is 2. The van der Waals surface area contributed by atoms with Crippen molar-refractivity contribution in [3.8, 4) is 0 Å². The van der Waals surface area contributed by atoms with E-state index in [0.717, 1.165) is 18.2 Å². The zero-order chi connectivity index (χ0) is 12.3. The molecule has 0 aliphatic carbocycles. The Hall–Kier alpha value is -0.790. The number of nitrogens with zero attached hydrogens (tertiary/aromatic N) is 2. The molecule has 0 spiro atoms. The molecule has 1 aliphatic heterocycles. The van der Waals surface area contributed by atoms with E-state index < -0.39 is 12.5 Å². The lowest BCUT2D eigenvalue weighted by atomic mass is 10.2. The minimum Gasteiger partial charge on any atom is -0.378 e. The van der Waals surface area contributed by atoms with Crippen LogP contribution in [0.3, 0.4) is 0 Å². The molecule has 2 N–H and O–H groups in total. The summed E-state index contributed by atoms with van der Waals surface area (Å²) >= 11 is 1.31. The van der Waals surface area contributed by atoms with E-state index in [9.17, 15) is 8.78 Å². The summed E-state index contributed by atoms with van der Waals surface area (Å²) in [5, 5.41) is 0.788. The first-order valence-electron chi connectivity index (χ1n) is 5.46. The van der Waals surface area contributed by atoms with Gasteiger partial charge in [-0.3, -0.25) is 0 Å². The first-order chi connectivity index (χ1) is 8.11. The predicted octanol–water partition coefficient (Wildman–Crippen LogP) is 1.12. The van der Waals surface area contributed by atoms with E-state index in [2.05, 4.69) is 9.88 Å². The topological polar surface area (TPSA) is 51.4 Å². The second-order valence-corrected chi connectivity index (χ2v) is 5.04. The van der Waals surface area contributed by atoms with Gasteiger partial charge >= 0.3 is 0 Å². The maximum absolute atomic E-state index is 13.1. The molecule has 0 unspecified atom stereocenters. The predicted molar refractivity (Wildman–Crippen MR) is 62.9 cm³/mol. The van der Waals surface area contributed by atoms with Crippen molar-refractivity contribution in [3.05, 3.63) is 11.1 Å². The van der Waals surface area contributed by atoms with Crippen LogP contribution in [0.25, 0.3) is 0 Å². The summed E-state index contributed by atoms with van der Waals surface area (Å²) in [7, 11) is 0. The molecule has 1 aromatic heterocycles. The molecule has 2 heterocycles.